The molecule has 180 valence electrons. The minimum Gasteiger partial charge on any atom is -0.497 e. The second kappa shape index (κ2) is 9.94. The van der Waals surface area contributed by atoms with Crippen LogP contribution in [-0.2, 0) is 27.8 Å². The van der Waals surface area contributed by atoms with Crippen LogP contribution in [0, 0.1) is 0 Å². The molecule has 0 spiro atoms. The van der Waals surface area contributed by atoms with Crippen LogP contribution >= 0.6 is 0 Å². The van der Waals surface area contributed by atoms with Crippen LogP contribution in [0.15, 0.2) is 42.5 Å². The molecule has 0 unspecified atom stereocenters. The molecule has 2 aliphatic heterocycles. The first-order valence-electron chi connectivity index (χ1n) is 11.2. The molecule has 2 aromatic rings. The standard InChI is InChI=1S/C24H27N3O6S/c1-33-19-8-7-18-16-26(12-9-17(18)15-19)34(31,32)14-4-11-25-22(28)10-13-27-23(29)20-5-2-3-6-21(20)24(27)30/h2-3,5-8,15H,4,9-14,16H2,1H3,(H,25,28). The summed E-state index contributed by atoms with van der Waals surface area (Å²) in [6.45, 7) is 0.916. The Morgan fingerprint density at radius 2 is 1.76 bits per heavy atom. The molecule has 10 heteroatoms. The van der Waals surface area contributed by atoms with E-state index >= 15 is 0 Å². The number of hydrogen-bond acceptors (Lipinski definition) is 6. The van der Waals surface area contributed by atoms with Crippen LogP contribution in [0.3, 0.4) is 0 Å². The fourth-order valence-electron chi connectivity index (χ4n) is 4.22. The van der Waals surface area contributed by atoms with Crippen molar-refractivity contribution in [3.63, 3.8) is 0 Å². The van der Waals surface area contributed by atoms with Gasteiger partial charge in [-0.15, -0.1) is 0 Å². The summed E-state index contributed by atoms with van der Waals surface area (Å²) in [6, 6.07) is 12.2. The second-order valence-electron chi connectivity index (χ2n) is 8.30. The fraction of sp³-hybridized carbons (Fsp3) is 0.375. The molecule has 0 radical (unpaired) electrons. The van der Waals surface area contributed by atoms with Crippen molar-refractivity contribution in [2.75, 3.05) is 32.5 Å². The Labute approximate surface area is 198 Å². The summed E-state index contributed by atoms with van der Waals surface area (Å²) in [6.07, 6.45) is 0.859. The van der Waals surface area contributed by atoms with Crippen LogP contribution in [0.2, 0.25) is 0 Å². The third kappa shape index (κ3) is 4.97. The van der Waals surface area contributed by atoms with E-state index in [9.17, 15) is 22.8 Å². The van der Waals surface area contributed by atoms with Crippen LogP contribution in [0.25, 0.3) is 0 Å². The topological polar surface area (TPSA) is 113 Å². The van der Waals surface area contributed by atoms with E-state index in [2.05, 4.69) is 5.32 Å². The summed E-state index contributed by atoms with van der Waals surface area (Å²) in [4.78, 5) is 37.9. The van der Waals surface area contributed by atoms with Crippen molar-refractivity contribution in [2.45, 2.75) is 25.8 Å². The maximum absolute atomic E-state index is 12.7. The van der Waals surface area contributed by atoms with Gasteiger partial charge in [-0.1, -0.05) is 18.2 Å². The van der Waals surface area contributed by atoms with E-state index < -0.39 is 21.8 Å². The zero-order chi connectivity index (χ0) is 24.3. The summed E-state index contributed by atoms with van der Waals surface area (Å²) in [5, 5.41) is 2.68. The Kier molecular flexibility index (Phi) is 6.99. The lowest BCUT2D eigenvalue weighted by Crippen LogP contribution is -2.38. The van der Waals surface area contributed by atoms with Crippen molar-refractivity contribution in [3.8, 4) is 5.75 Å². The normalized spacial score (nSPS) is 15.7. The number of amides is 3. The van der Waals surface area contributed by atoms with Gasteiger partial charge in [0.2, 0.25) is 15.9 Å². The van der Waals surface area contributed by atoms with Gasteiger partial charge in [-0.3, -0.25) is 19.3 Å². The number of hydrogen-bond donors (Lipinski definition) is 1. The number of carbonyl (C=O) groups excluding carboxylic acids is 3. The molecule has 2 aliphatic rings. The van der Waals surface area contributed by atoms with E-state index in [0.29, 0.717) is 30.6 Å². The molecule has 1 N–H and O–H groups in total. The molecule has 0 atom stereocenters. The first-order valence-corrected chi connectivity index (χ1v) is 12.8. The van der Waals surface area contributed by atoms with Gasteiger partial charge in [-0.05, 0) is 48.2 Å². The number of rotatable bonds is 9. The van der Waals surface area contributed by atoms with Crippen molar-refractivity contribution in [3.05, 3.63) is 64.7 Å². The van der Waals surface area contributed by atoms with Gasteiger partial charge >= 0.3 is 0 Å². The molecular weight excluding hydrogens is 458 g/mol. The lowest BCUT2D eigenvalue weighted by atomic mass is 10.0. The van der Waals surface area contributed by atoms with Crippen LogP contribution in [-0.4, -0.2) is 67.8 Å². The number of carbonyl (C=O) groups is 3. The van der Waals surface area contributed by atoms with Gasteiger partial charge in [0.15, 0.2) is 0 Å². The molecule has 0 saturated heterocycles. The molecule has 0 aliphatic carbocycles. The second-order valence-corrected chi connectivity index (χ2v) is 10.4. The quantitative estimate of drug-likeness (QED) is 0.426. The third-order valence-corrected chi connectivity index (χ3v) is 8.03. The van der Waals surface area contributed by atoms with Gasteiger partial charge in [-0.2, -0.15) is 4.31 Å². The lowest BCUT2D eigenvalue weighted by Gasteiger charge is -2.28. The maximum Gasteiger partial charge on any atom is 0.261 e. The van der Waals surface area contributed by atoms with Crippen molar-refractivity contribution >= 4 is 27.7 Å². The number of benzene rings is 2. The minimum atomic E-state index is -3.46. The highest BCUT2D eigenvalue weighted by molar-refractivity contribution is 7.89. The fourth-order valence-corrected chi connectivity index (χ4v) is 5.70. The van der Waals surface area contributed by atoms with E-state index in [-0.39, 0.29) is 37.6 Å². The molecule has 0 saturated carbocycles. The zero-order valence-corrected chi connectivity index (χ0v) is 19.8. The van der Waals surface area contributed by atoms with Crippen LogP contribution in [0.4, 0.5) is 0 Å². The number of imide groups is 1. The first kappa shape index (κ1) is 23.9. The number of fused-ring (bicyclic) bond motifs is 2. The Morgan fingerprint density at radius 1 is 1.06 bits per heavy atom. The average Bonchev–Trinajstić information content (AvgIpc) is 3.09. The maximum atomic E-state index is 12.7. The summed E-state index contributed by atoms with van der Waals surface area (Å²) in [5.74, 6) is -0.456. The molecule has 4 rings (SSSR count). The van der Waals surface area contributed by atoms with Crippen molar-refractivity contribution in [2.24, 2.45) is 0 Å². The van der Waals surface area contributed by atoms with E-state index in [1.54, 1.807) is 31.4 Å². The van der Waals surface area contributed by atoms with E-state index in [1.807, 2.05) is 18.2 Å². The van der Waals surface area contributed by atoms with Gasteiger partial charge < -0.3 is 10.1 Å². The molecule has 9 nitrogen and oxygen atoms in total. The largest absolute Gasteiger partial charge is 0.497 e. The number of nitrogens with one attached hydrogen (secondary N) is 1. The Balaban J connectivity index is 1.20. The first-order chi connectivity index (χ1) is 16.3. The van der Waals surface area contributed by atoms with Crippen LogP contribution in [0.5, 0.6) is 5.75 Å². The third-order valence-electron chi connectivity index (χ3n) is 6.13. The van der Waals surface area contributed by atoms with E-state index in [4.69, 9.17) is 4.74 Å². The van der Waals surface area contributed by atoms with Gasteiger partial charge in [-0.25, -0.2) is 8.42 Å². The van der Waals surface area contributed by atoms with Crippen molar-refractivity contribution in [1.82, 2.24) is 14.5 Å². The highest BCUT2D eigenvalue weighted by Gasteiger charge is 2.35. The molecule has 0 fully saturated rings. The zero-order valence-electron chi connectivity index (χ0n) is 19.0. The SMILES string of the molecule is COc1ccc2c(c1)CCN(S(=O)(=O)CCCNC(=O)CCN1C(=O)c3ccccc3C1=O)C2. The van der Waals surface area contributed by atoms with Gasteiger partial charge in [0.05, 0.1) is 24.0 Å². The number of nitrogens with zero attached hydrogens (tertiary/aromatic N) is 2. The summed E-state index contributed by atoms with van der Waals surface area (Å²) in [5.41, 5.74) is 2.75. The molecular formula is C24H27N3O6S. The Bertz CT molecular complexity index is 1190. The monoisotopic (exact) mass is 485 g/mol. The molecule has 3 amide bonds. The predicted molar refractivity (Wildman–Crippen MR) is 125 cm³/mol. The highest BCUT2D eigenvalue weighted by Crippen LogP contribution is 2.25. The number of sulfonamides is 1. The van der Waals surface area contributed by atoms with Crippen LogP contribution in [0.1, 0.15) is 44.7 Å². The van der Waals surface area contributed by atoms with Gasteiger partial charge in [0.1, 0.15) is 5.75 Å². The Morgan fingerprint density at radius 3 is 2.44 bits per heavy atom. The molecule has 0 bridgehead atoms. The number of ether oxygens (including phenoxy) is 1. The molecule has 34 heavy (non-hydrogen) atoms. The summed E-state index contributed by atoms with van der Waals surface area (Å²) in [7, 11) is -1.86. The highest BCUT2D eigenvalue weighted by atomic mass is 32.2. The molecule has 0 aromatic heterocycles. The van der Waals surface area contributed by atoms with E-state index in [0.717, 1.165) is 21.8 Å². The van der Waals surface area contributed by atoms with Crippen molar-refractivity contribution in [1.29, 1.82) is 0 Å². The van der Waals surface area contributed by atoms with E-state index in [1.165, 1.54) is 4.31 Å². The number of methoxy groups -OCH3 is 1. The summed E-state index contributed by atoms with van der Waals surface area (Å²) >= 11 is 0. The summed E-state index contributed by atoms with van der Waals surface area (Å²) < 4.78 is 32.2. The molecule has 2 heterocycles. The minimum absolute atomic E-state index is 0.0194. The van der Waals surface area contributed by atoms with Gasteiger partial charge in [0, 0.05) is 32.6 Å². The average molecular weight is 486 g/mol. The van der Waals surface area contributed by atoms with Crippen molar-refractivity contribution < 1.29 is 27.5 Å². The molecule has 2 aromatic carbocycles. The van der Waals surface area contributed by atoms with Gasteiger partial charge in [0.25, 0.3) is 11.8 Å². The Hall–Kier alpha value is -3.24. The smallest absolute Gasteiger partial charge is 0.261 e. The lowest BCUT2D eigenvalue weighted by molar-refractivity contribution is -0.121. The van der Waals surface area contributed by atoms with Crippen LogP contribution < -0.4 is 10.1 Å². The predicted octanol–water partition coefficient (Wildman–Crippen LogP) is 1.58.